The number of ketones is 1. The summed E-state index contributed by atoms with van der Waals surface area (Å²) in [4.78, 5) is 24.0. The number of anilines is 2. The molecule has 4 heteroatoms. The number of carbonyl (C=O) groups excluding carboxylic acids is 2. The number of amides is 1. The van der Waals surface area contributed by atoms with Crippen LogP contribution >= 0.6 is 0 Å². The molecule has 130 valence electrons. The van der Waals surface area contributed by atoms with Crippen LogP contribution in [0.1, 0.15) is 48.2 Å². The summed E-state index contributed by atoms with van der Waals surface area (Å²) in [6, 6.07) is 12.9. The second kappa shape index (κ2) is 7.51. The number of nitrogens with one attached hydrogen (secondary N) is 2. The maximum Gasteiger partial charge on any atom is 0.246 e. The Bertz CT molecular complexity index is 798. The molecule has 4 nitrogen and oxygen atoms in total. The van der Waals surface area contributed by atoms with Crippen LogP contribution in [0.2, 0.25) is 0 Å². The van der Waals surface area contributed by atoms with Crippen LogP contribution in [-0.2, 0) is 17.6 Å². The summed E-state index contributed by atoms with van der Waals surface area (Å²) in [7, 11) is 0. The zero-order valence-electron chi connectivity index (χ0n) is 14.8. The van der Waals surface area contributed by atoms with Crippen molar-refractivity contribution in [3.8, 4) is 0 Å². The molecule has 2 aromatic carbocycles. The lowest BCUT2D eigenvalue weighted by molar-refractivity contribution is -0.116. The third kappa shape index (κ3) is 4.08. The van der Waals surface area contributed by atoms with Gasteiger partial charge < -0.3 is 10.6 Å². The van der Waals surface area contributed by atoms with Crippen molar-refractivity contribution in [3.63, 3.8) is 0 Å². The summed E-state index contributed by atoms with van der Waals surface area (Å²) in [5.41, 5.74) is 5.01. The van der Waals surface area contributed by atoms with Gasteiger partial charge in [0.05, 0.1) is 0 Å². The van der Waals surface area contributed by atoms with Crippen LogP contribution in [0, 0.1) is 0 Å². The van der Waals surface area contributed by atoms with Crippen LogP contribution in [0.25, 0.3) is 0 Å². The van der Waals surface area contributed by atoms with Gasteiger partial charge in [-0.2, -0.15) is 0 Å². The zero-order valence-corrected chi connectivity index (χ0v) is 14.8. The van der Waals surface area contributed by atoms with Crippen LogP contribution in [0.15, 0.2) is 42.5 Å². The fraction of sp³-hybridized carbons (Fsp3) is 0.333. The standard InChI is InChI=1S/C21H24N2O2/c1-14(21(25)23-18-10-5-9-17(13-18)15(2)24)22-20-12-6-8-16-7-3-4-11-19(16)20/h5-6,8-10,12-14,22H,3-4,7,11H2,1-2H3,(H,23,25)/t14-/m0/s1. The normalized spacial score (nSPS) is 14.3. The molecule has 0 bridgehead atoms. The monoisotopic (exact) mass is 336 g/mol. The van der Waals surface area contributed by atoms with Crippen LogP contribution in [0.3, 0.4) is 0 Å². The summed E-state index contributed by atoms with van der Waals surface area (Å²) >= 11 is 0. The van der Waals surface area contributed by atoms with Gasteiger partial charge in [-0.1, -0.05) is 24.3 Å². The molecule has 0 fully saturated rings. The first kappa shape index (κ1) is 17.2. The van der Waals surface area contributed by atoms with E-state index >= 15 is 0 Å². The maximum absolute atomic E-state index is 12.5. The van der Waals surface area contributed by atoms with E-state index in [9.17, 15) is 9.59 Å². The van der Waals surface area contributed by atoms with Gasteiger partial charge in [0, 0.05) is 16.9 Å². The Hall–Kier alpha value is -2.62. The SMILES string of the molecule is CC(=O)c1cccc(NC(=O)[C@H](C)Nc2cccc3c2CCCC3)c1. The number of rotatable bonds is 5. The number of hydrogen-bond acceptors (Lipinski definition) is 3. The van der Waals surface area contributed by atoms with Crippen LogP contribution in [-0.4, -0.2) is 17.7 Å². The number of fused-ring (bicyclic) bond motifs is 1. The highest BCUT2D eigenvalue weighted by atomic mass is 16.2. The molecular weight excluding hydrogens is 312 g/mol. The van der Waals surface area contributed by atoms with Crippen LogP contribution < -0.4 is 10.6 Å². The van der Waals surface area contributed by atoms with Crippen molar-refractivity contribution in [1.82, 2.24) is 0 Å². The molecule has 2 N–H and O–H groups in total. The van der Waals surface area contributed by atoms with Gasteiger partial charge in [-0.3, -0.25) is 9.59 Å². The third-order valence-electron chi connectivity index (χ3n) is 4.70. The number of aryl methyl sites for hydroxylation is 1. The molecule has 1 amide bonds. The number of carbonyl (C=O) groups is 2. The molecular formula is C21H24N2O2. The molecule has 0 spiro atoms. The Balaban J connectivity index is 1.69. The molecule has 0 saturated carbocycles. The minimum absolute atomic E-state index is 0.0156. The Morgan fingerprint density at radius 2 is 1.80 bits per heavy atom. The van der Waals surface area contributed by atoms with Gasteiger partial charge in [-0.05, 0) is 68.9 Å². The number of Topliss-reactive ketones (excluding diaryl/α,β-unsaturated/α-hetero) is 1. The lowest BCUT2D eigenvalue weighted by atomic mass is 9.90. The molecule has 0 aliphatic heterocycles. The Kier molecular flexibility index (Phi) is 5.17. The zero-order chi connectivity index (χ0) is 17.8. The second-order valence-corrected chi connectivity index (χ2v) is 6.64. The highest BCUT2D eigenvalue weighted by Gasteiger charge is 2.17. The van der Waals surface area contributed by atoms with Crippen molar-refractivity contribution in [2.75, 3.05) is 10.6 Å². The molecule has 1 aliphatic carbocycles. The average molecular weight is 336 g/mol. The molecule has 0 heterocycles. The van der Waals surface area contributed by atoms with E-state index < -0.39 is 0 Å². The van der Waals surface area contributed by atoms with Gasteiger partial charge in [0.25, 0.3) is 0 Å². The van der Waals surface area contributed by atoms with Gasteiger partial charge >= 0.3 is 0 Å². The maximum atomic E-state index is 12.5. The molecule has 1 aliphatic rings. The van der Waals surface area contributed by atoms with E-state index in [0.29, 0.717) is 11.3 Å². The minimum atomic E-state index is -0.366. The first-order valence-electron chi connectivity index (χ1n) is 8.84. The van der Waals surface area contributed by atoms with Crippen molar-refractivity contribution in [2.24, 2.45) is 0 Å². The molecule has 0 radical (unpaired) electrons. The van der Waals surface area contributed by atoms with Crippen molar-refractivity contribution >= 4 is 23.1 Å². The lowest BCUT2D eigenvalue weighted by Gasteiger charge is -2.22. The Morgan fingerprint density at radius 1 is 1.04 bits per heavy atom. The summed E-state index contributed by atoms with van der Waals surface area (Å²) in [6.45, 7) is 3.37. The van der Waals surface area contributed by atoms with E-state index in [1.165, 1.54) is 30.9 Å². The first-order chi connectivity index (χ1) is 12.0. The quantitative estimate of drug-likeness (QED) is 0.804. The van der Waals surface area contributed by atoms with Gasteiger partial charge in [0.1, 0.15) is 6.04 Å². The summed E-state index contributed by atoms with van der Waals surface area (Å²) in [5, 5.41) is 6.23. The van der Waals surface area contributed by atoms with Crippen molar-refractivity contribution < 1.29 is 9.59 Å². The van der Waals surface area contributed by atoms with Crippen molar-refractivity contribution in [3.05, 3.63) is 59.2 Å². The largest absolute Gasteiger partial charge is 0.374 e. The van der Waals surface area contributed by atoms with E-state index in [-0.39, 0.29) is 17.7 Å². The van der Waals surface area contributed by atoms with Crippen molar-refractivity contribution in [1.29, 1.82) is 0 Å². The number of benzene rings is 2. The van der Waals surface area contributed by atoms with Gasteiger partial charge in [-0.25, -0.2) is 0 Å². The Morgan fingerprint density at radius 3 is 2.60 bits per heavy atom. The molecule has 1 atom stereocenters. The molecule has 0 saturated heterocycles. The number of hydrogen-bond donors (Lipinski definition) is 2. The molecule has 2 aromatic rings. The predicted octanol–water partition coefficient (Wildman–Crippen LogP) is 4.21. The van der Waals surface area contributed by atoms with Crippen LogP contribution in [0.4, 0.5) is 11.4 Å². The van der Waals surface area contributed by atoms with E-state index in [1.54, 1.807) is 24.3 Å². The summed E-state index contributed by atoms with van der Waals surface area (Å²) in [5.74, 6) is -0.132. The highest BCUT2D eigenvalue weighted by Crippen LogP contribution is 2.28. The topological polar surface area (TPSA) is 58.2 Å². The minimum Gasteiger partial charge on any atom is -0.374 e. The Labute approximate surface area is 148 Å². The van der Waals surface area contributed by atoms with Gasteiger partial charge in [0.15, 0.2) is 5.78 Å². The smallest absolute Gasteiger partial charge is 0.246 e. The first-order valence-corrected chi connectivity index (χ1v) is 8.84. The average Bonchev–Trinajstić information content (AvgIpc) is 2.62. The fourth-order valence-electron chi connectivity index (χ4n) is 3.28. The van der Waals surface area contributed by atoms with E-state index in [1.807, 2.05) is 19.1 Å². The van der Waals surface area contributed by atoms with Crippen LogP contribution in [0.5, 0.6) is 0 Å². The van der Waals surface area contributed by atoms with E-state index in [0.717, 1.165) is 18.5 Å². The fourth-order valence-corrected chi connectivity index (χ4v) is 3.28. The molecule has 0 unspecified atom stereocenters. The molecule has 3 rings (SSSR count). The van der Waals surface area contributed by atoms with E-state index in [2.05, 4.69) is 16.7 Å². The van der Waals surface area contributed by atoms with Gasteiger partial charge in [0.2, 0.25) is 5.91 Å². The van der Waals surface area contributed by atoms with E-state index in [4.69, 9.17) is 0 Å². The summed E-state index contributed by atoms with van der Waals surface area (Å²) < 4.78 is 0. The second-order valence-electron chi connectivity index (χ2n) is 6.64. The molecule has 0 aromatic heterocycles. The van der Waals surface area contributed by atoms with Crippen molar-refractivity contribution in [2.45, 2.75) is 45.6 Å². The van der Waals surface area contributed by atoms with Gasteiger partial charge in [-0.15, -0.1) is 0 Å². The predicted molar refractivity (Wildman–Crippen MR) is 101 cm³/mol. The highest BCUT2D eigenvalue weighted by molar-refractivity contribution is 5.99. The molecule has 25 heavy (non-hydrogen) atoms. The lowest BCUT2D eigenvalue weighted by Crippen LogP contribution is -2.32. The summed E-state index contributed by atoms with van der Waals surface area (Å²) in [6.07, 6.45) is 4.61. The third-order valence-corrected chi connectivity index (χ3v) is 4.70.